The first-order valence-corrected chi connectivity index (χ1v) is 25.7. The Morgan fingerprint density at radius 2 is 0.614 bits per heavy atom. The third kappa shape index (κ3) is 4.81. The molecule has 0 aliphatic heterocycles. The van der Waals surface area contributed by atoms with Gasteiger partial charge in [-0.2, -0.15) is 0 Å². The summed E-state index contributed by atoms with van der Waals surface area (Å²) in [7, 11) is 0. The second-order valence-corrected chi connectivity index (χ2v) is 21.3. The number of aromatic nitrogens is 2. The average Bonchev–Trinajstić information content (AvgIpc) is 4.27. The van der Waals surface area contributed by atoms with Crippen molar-refractivity contribution < 1.29 is 0 Å². The molecule has 0 saturated heterocycles. The molecule has 0 N–H and O–H groups in total. The fraction of sp³-hybridized carbons (Fsp3) is 0. The van der Waals surface area contributed by atoms with Crippen molar-refractivity contribution in [3.05, 3.63) is 218 Å². The minimum atomic E-state index is 1.23. The highest BCUT2D eigenvalue weighted by molar-refractivity contribution is 7.26. The van der Waals surface area contributed by atoms with E-state index in [1.54, 1.807) is 0 Å². The highest BCUT2D eigenvalue weighted by Crippen LogP contribution is 2.52. The molecule has 6 heterocycles. The van der Waals surface area contributed by atoms with E-state index in [0.717, 1.165) is 0 Å². The molecule has 0 bridgehead atoms. The van der Waals surface area contributed by atoms with Gasteiger partial charge in [0.25, 0.3) is 0 Å². The van der Waals surface area contributed by atoms with Gasteiger partial charge in [0.05, 0.1) is 33.1 Å². The van der Waals surface area contributed by atoms with Crippen molar-refractivity contribution in [2.45, 2.75) is 0 Å². The van der Waals surface area contributed by atoms with Crippen LogP contribution in [0.25, 0.3) is 161 Å². The van der Waals surface area contributed by atoms with E-state index in [-0.39, 0.29) is 0 Å². The normalized spacial score (nSPS) is 12.6. The predicted octanol–water partition coefficient (Wildman–Crippen LogP) is 19.4. The van der Waals surface area contributed by atoms with Crippen LogP contribution in [0.15, 0.2) is 218 Å². The molecule has 4 heteroatoms. The fourth-order valence-electron chi connectivity index (χ4n) is 12.7. The topological polar surface area (TPSA) is 8.82 Å². The van der Waals surface area contributed by atoms with Crippen LogP contribution in [0.2, 0.25) is 0 Å². The molecule has 0 spiro atoms. The van der Waals surface area contributed by atoms with E-state index in [1.165, 1.54) is 161 Å². The average molecular weight is 921 g/mol. The highest BCUT2D eigenvalue weighted by atomic mass is 32.1. The maximum Gasteiger partial charge on any atom is 0.0627 e. The monoisotopic (exact) mass is 920 g/mol. The van der Waals surface area contributed by atoms with Gasteiger partial charge in [0.1, 0.15) is 0 Å². The molecule has 17 rings (SSSR count). The van der Waals surface area contributed by atoms with E-state index in [2.05, 4.69) is 227 Å². The summed E-state index contributed by atoms with van der Waals surface area (Å²) in [6.45, 7) is 0. The number of nitrogens with zero attached hydrogens (tertiary/aromatic N) is 2. The van der Waals surface area contributed by atoms with E-state index in [1.807, 2.05) is 22.7 Å². The van der Waals surface area contributed by atoms with Crippen LogP contribution in [-0.2, 0) is 0 Å². The van der Waals surface area contributed by atoms with Gasteiger partial charge >= 0.3 is 0 Å². The lowest BCUT2D eigenvalue weighted by atomic mass is 9.93. The van der Waals surface area contributed by atoms with E-state index >= 15 is 0 Å². The lowest BCUT2D eigenvalue weighted by Gasteiger charge is -2.11. The minimum absolute atomic E-state index is 1.23. The Labute approximate surface area is 408 Å². The molecule has 0 amide bonds. The van der Waals surface area contributed by atoms with Gasteiger partial charge in [0.15, 0.2) is 0 Å². The van der Waals surface area contributed by atoms with E-state index in [0.29, 0.717) is 0 Å². The minimum Gasteiger partial charge on any atom is -0.308 e. The van der Waals surface area contributed by atoms with E-state index < -0.39 is 0 Å². The summed E-state index contributed by atoms with van der Waals surface area (Å²) in [5.74, 6) is 0. The number of hydrogen-bond donors (Lipinski definition) is 0. The van der Waals surface area contributed by atoms with Crippen molar-refractivity contribution in [2.75, 3.05) is 0 Å². The van der Waals surface area contributed by atoms with Crippen molar-refractivity contribution in [1.29, 1.82) is 0 Å². The molecule has 0 unspecified atom stereocenters. The number of benzene rings is 11. The van der Waals surface area contributed by atoms with Crippen LogP contribution >= 0.6 is 22.7 Å². The third-order valence-electron chi connectivity index (χ3n) is 15.6. The Morgan fingerprint density at radius 3 is 1.06 bits per heavy atom. The van der Waals surface area contributed by atoms with Gasteiger partial charge in [-0.05, 0) is 105 Å². The van der Waals surface area contributed by atoms with Crippen LogP contribution in [0.3, 0.4) is 0 Å². The zero-order valence-corrected chi connectivity index (χ0v) is 39.1. The molecule has 322 valence electrons. The van der Waals surface area contributed by atoms with Crippen molar-refractivity contribution in [3.8, 4) is 44.5 Å². The molecule has 0 aliphatic rings. The summed E-state index contributed by atoms with van der Waals surface area (Å²) in [5.41, 5.74) is 17.5. The molecule has 6 aromatic heterocycles. The SMILES string of the molecule is c1ccc(-c2ccccc2-c2ccc3c(c2)c2c4c(cc5c6cc7c(cc6n3c52)c2cc3sc5ccccc5c3c3c5cc(-c6ccccc6-c6ccccc6)ccc5n7c23)sc2ccccc24)cc1. The fourth-order valence-corrected chi connectivity index (χ4v) is 15.0. The Morgan fingerprint density at radius 1 is 0.229 bits per heavy atom. The van der Waals surface area contributed by atoms with Crippen LogP contribution in [0.1, 0.15) is 0 Å². The molecule has 0 fully saturated rings. The van der Waals surface area contributed by atoms with Gasteiger partial charge in [-0.15, -0.1) is 22.7 Å². The summed E-state index contributed by atoms with van der Waals surface area (Å²) in [6.07, 6.45) is 0. The standard InChI is InChI=1S/C66H36N2S2/c1-3-15-37(16-4-1)41-19-7-9-21-43(41)39-27-29-53-51(31-39)63-61-45-23-11-13-25-57(45)69-59(61)35-49-47-34-56-48(33-55(47)67(53)65(49)63)50-36-60-62(46-24-12-14-26-58(46)70-60)64-52-32-40(28-30-54(52)68(56)66(50)64)44-22-10-8-20-42(44)38-17-5-2-6-18-38/h1-36H. The van der Waals surface area contributed by atoms with Crippen molar-refractivity contribution >= 4 is 139 Å². The first kappa shape index (κ1) is 37.4. The molecular formula is C66H36N2S2. The summed E-state index contributed by atoms with van der Waals surface area (Å²) in [6, 6.07) is 81.9. The molecular weight excluding hydrogens is 885 g/mol. The Bertz CT molecular complexity index is 4730. The van der Waals surface area contributed by atoms with Crippen LogP contribution in [0, 0.1) is 0 Å². The predicted molar refractivity (Wildman–Crippen MR) is 303 cm³/mol. The highest BCUT2D eigenvalue weighted by Gasteiger charge is 2.27. The van der Waals surface area contributed by atoms with Crippen molar-refractivity contribution in [1.82, 2.24) is 8.80 Å². The summed E-state index contributed by atoms with van der Waals surface area (Å²) < 4.78 is 10.5. The van der Waals surface area contributed by atoms with Crippen LogP contribution < -0.4 is 0 Å². The Balaban J connectivity index is 1.00. The van der Waals surface area contributed by atoms with Crippen LogP contribution in [0.4, 0.5) is 0 Å². The number of fused-ring (bicyclic) bond motifs is 20. The quantitative estimate of drug-likeness (QED) is 0.166. The van der Waals surface area contributed by atoms with Gasteiger partial charge in [-0.25, -0.2) is 0 Å². The maximum absolute atomic E-state index is 2.60. The molecule has 2 nitrogen and oxygen atoms in total. The molecule has 0 atom stereocenters. The van der Waals surface area contributed by atoms with Gasteiger partial charge in [0.2, 0.25) is 0 Å². The molecule has 17 aromatic rings. The summed E-state index contributed by atoms with van der Waals surface area (Å²) in [4.78, 5) is 0. The Kier molecular flexibility index (Phi) is 7.26. The van der Waals surface area contributed by atoms with Crippen LogP contribution in [-0.4, -0.2) is 8.80 Å². The number of thiophene rings is 2. The van der Waals surface area contributed by atoms with Gasteiger partial charge in [0, 0.05) is 83.4 Å². The first-order valence-electron chi connectivity index (χ1n) is 24.1. The second-order valence-electron chi connectivity index (χ2n) is 19.1. The number of hydrogen-bond acceptors (Lipinski definition) is 2. The van der Waals surface area contributed by atoms with Crippen molar-refractivity contribution in [3.63, 3.8) is 0 Å². The van der Waals surface area contributed by atoms with Gasteiger partial charge in [-0.1, -0.05) is 158 Å². The van der Waals surface area contributed by atoms with E-state index in [4.69, 9.17) is 0 Å². The smallest absolute Gasteiger partial charge is 0.0627 e. The lowest BCUT2D eigenvalue weighted by molar-refractivity contribution is 1.36. The molecule has 0 aliphatic carbocycles. The molecule has 0 radical (unpaired) electrons. The summed E-state index contributed by atoms with van der Waals surface area (Å²) in [5, 5.41) is 15.9. The molecule has 0 saturated carbocycles. The number of rotatable bonds is 4. The van der Waals surface area contributed by atoms with Gasteiger partial charge in [-0.3, -0.25) is 0 Å². The summed E-state index contributed by atoms with van der Waals surface area (Å²) >= 11 is 3.84. The lowest BCUT2D eigenvalue weighted by Crippen LogP contribution is -1.87. The maximum atomic E-state index is 2.60. The van der Waals surface area contributed by atoms with Crippen molar-refractivity contribution in [2.24, 2.45) is 0 Å². The largest absolute Gasteiger partial charge is 0.308 e. The first-order chi connectivity index (χ1) is 34.7. The second kappa shape index (κ2) is 13.6. The molecule has 11 aromatic carbocycles. The van der Waals surface area contributed by atoms with Gasteiger partial charge < -0.3 is 8.80 Å². The Hall–Kier alpha value is -8.54. The zero-order chi connectivity index (χ0) is 45.3. The van der Waals surface area contributed by atoms with E-state index in [9.17, 15) is 0 Å². The third-order valence-corrected chi connectivity index (χ3v) is 17.8. The van der Waals surface area contributed by atoms with Crippen LogP contribution in [0.5, 0.6) is 0 Å². The molecule has 70 heavy (non-hydrogen) atoms. The zero-order valence-electron chi connectivity index (χ0n) is 37.5.